The molecule has 0 amide bonds. The number of rotatable bonds is 3. The van der Waals surface area contributed by atoms with E-state index in [9.17, 15) is 0 Å². The number of hydrogen-bond donors (Lipinski definition) is 1. The highest BCUT2D eigenvalue weighted by Gasteiger charge is 2.32. The van der Waals surface area contributed by atoms with Crippen molar-refractivity contribution in [2.75, 3.05) is 0 Å². The molecule has 1 atom stereocenters. The van der Waals surface area contributed by atoms with Crippen LogP contribution in [-0.4, -0.2) is 5.54 Å². The Hall–Kier alpha value is -0.240. The molecule has 2 rings (SSSR count). The van der Waals surface area contributed by atoms with Gasteiger partial charge in [-0.3, -0.25) is 0 Å². The summed E-state index contributed by atoms with van der Waals surface area (Å²) in [5.41, 5.74) is 1.51. The summed E-state index contributed by atoms with van der Waals surface area (Å²) in [4.78, 5) is 0. The first kappa shape index (κ1) is 12.2. The van der Waals surface area contributed by atoms with Crippen molar-refractivity contribution in [3.8, 4) is 0 Å². The zero-order chi connectivity index (χ0) is 11.8. The summed E-state index contributed by atoms with van der Waals surface area (Å²) in [6, 6.07) is 6.16. The molecule has 0 aromatic heterocycles. The molecule has 16 heavy (non-hydrogen) atoms. The van der Waals surface area contributed by atoms with E-state index in [4.69, 9.17) is 23.2 Å². The molecule has 0 saturated heterocycles. The lowest BCUT2D eigenvalue weighted by Gasteiger charge is -2.41. The fraction of sp³-hybridized carbons (Fsp3) is 0.538. The molecule has 1 aliphatic carbocycles. The Balaban J connectivity index is 2.08. The van der Waals surface area contributed by atoms with Crippen molar-refractivity contribution in [2.24, 2.45) is 0 Å². The molecule has 1 N–H and O–H groups in total. The van der Waals surface area contributed by atoms with Crippen molar-refractivity contribution < 1.29 is 0 Å². The van der Waals surface area contributed by atoms with Gasteiger partial charge in [0.1, 0.15) is 0 Å². The summed E-state index contributed by atoms with van der Waals surface area (Å²) in [5, 5.41) is 4.90. The van der Waals surface area contributed by atoms with Crippen LogP contribution in [0.4, 0.5) is 0 Å². The molecule has 0 heterocycles. The first-order chi connectivity index (χ1) is 7.50. The molecule has 1 unspecified atom stereocenters. The van der Waals surface area contributed by atoms with Crippen LogP contribution in [0.5, 0.6) is 0 Å². The lowest BCUT2D eigenvalue weighted by molar-refractivity contribution is 0.190. The van der Waals surface area contributed by atoms with E-state index in [-0.39, 0.29) is 0 Å². The zero-order valence-electron chi connectivity index (χ0n) is 9.69. The van der Waals surface area contributed by atoms with E-state index in [1.165, 1.54) is 24.8 Å². The normalized spacial score (nSPS) is 20.2. The summed E-state index contributed by atoms with van der Waals surface area (Å²) < 4.78 is 0. The van der Waals surface area contributed by atoms with Gasteiger partial charge in [0.05, 0.1) is 10.0 Å². The number of hydrogen-bond acceptors (Lipinski definition) is 1. The van der Waals surface area contributed by atoms with Gasteiger partial charge in [0.25, 0.3) is 0 Å². The average molecular weight is 258 g/mol. The number of benzene rings is 1. The van der Waals surface area contributed by atoms with E-state index >= 15 is 0 Å². The van der Waals surface area contributed by atoms with Gasteiger partial charge in [-0.05, 0) is 50.8 Å². The molecule has 1 nitrogen and oxygen atoms in total. The maximum absolute atomic E-state index is 6.02. The lowest BCUT2D eigenvalue weighted by atomic mass is 9.78. The topological polar surface area (TPSA) is 12.0 Å². The Kier molecular flexibility index (Phi) is 3.48. The second-order valence-corrected chi connectivity index (χ2v) is 5.77. The fourth-order valence-corrected chi connectivity index (χ4v) is 2.55. The van der Waals surface area contributed by atoms with E-state index in [1.54, 1.807) is 0 Å². The highest BCUT2D eigenvalue weighted by Crippen LogP contribution is 2.34. The molecule has 0 spiro atoms. The van der Waals surface area contributed by atoms with E-state index in [0.717, 1.165) is 0 Å². The molecule has 1 aromatic rings. The van der Waals surface area contributed by atoms with Crippen molar-refractivity contribution >= 4 is 23.2 Å². The predicted octanol–water partition coefficient (Wildman–Crippen LogP) is 4.59. The Labute approximate surface area is 107 Å². The van der Waals surface area contributed by atoms with Crippen LogP contribution in [0.2, 0.25) is 10.0 Å². The van der Waals surface area contributed by atoms with E-state index in [1.807, 2.05) is 18.2 Å². The van der Waals surface area contributed by atoms with Crippen molar-refractivity contribution in [1.82, 2.24) is 5.32 Å². The second-order valence-electron chi connectivity index (χ2n) is 4.95. The van der Waals surface area contributed by atoms with Crippen LogP contribution in [0.15, 0.2) is 18.2 Å². The predicted molar refractivity (Wildman–Crippen MR) is 70.3 cm³/mol. The van der Waals surface area contributed by atoms with Gasteiger partial charge in [-0.2, -0.15) is 0 Å². The van der Waals surface area contributed by atoms with Crippen molar-refractivity contribution in [3.05, 3.63) is 33.8 Å². The van der Waals surface area contributed by atoms with Crippen molar-refractivity contribution in [1.29, 1.82) is 0 Å². The second kappa shape index (κ2) is 4.56. The average Bonchev–Trinajstić information content (AvgIpc) is 2.19. The van der Waals surface area contributed by atoms with Crippen LogP contribution >= 0.6 is 23.2 Å². The first-order valence-electron chi connectivity index (χ1n) is 5.73. The molecule has 0 aliphatic heterocycles. The summed E-state index contributed by atoms with van der Waals surface area (Å²) in [7, 11) is 0. The standard InChI is InChI=1S/C13H17Cl2N/c1-9(16-13(2)6-3-7-13)10-4-5-11(14)12(15)8-10/h4-5,8-9,16H,3,6-7H2,1-2H3. The van der Waals surface area contributed by atoms with Gasteiger partial charge in [-0.1, -0.05) is 29.3 Å². The van der Waals surface area contributed by atoms with Gasteiger partial charge in [-0.15, -0.1) is 0 Å². The van der Waals surface area contributed by atoms with Gasteiger partial charge in [0.2, 0.25) is 0 Å². The van der Waals surface area contributed by atoms with Crippen molar-refractivity contribution in [2.45, 2.75) is 44.7 Å². The number of halogens is 2. The summed E-state index contributed by atoms with van der Waals surface area (Å²) in [6.07, 6.45) is 3.86. The fourth-order valence-electron chi connectivity index (χ4n) is 2.24. The SMILES string of the molecule is CC(NC1(C)CCC1)c1ccc(Cl)c(Cl)c1. The minimum absolute atomic E-state index is 0.311. The summed E-state index contributed by atoms with van der Waals surface area (Å²) in [5.74, 6) is 0. The molecule has 1 aliphatic rings. The molecule has 88 valence electrons. The highest BCUT2D eigenvalue weighted by molar-refractivity contribution is 6.42. The zero-order valence-corrected chi connectivity index (χ0v) is 11.2. The molecule has 1 saturated carbocycles. The van der Waals surface area contributed by atoms with E-state index < -0.39 is 0 Å². The van der Waals surface area contributed by atoms with Gasteiger partial charge in [0, 0.05) is 11.6 Å². The Bertz CT molecular complexity index is 386. The Morgan fingerprint density at radius 3 is 2.44 bits per heavy atom. The third-order valence-electron chi connectivity index (χ3n) is 3.47. The maximum Gasteiger partial charge on any atom is 0.0595 e. The Morgan fingerprint density at radius 1 is 1.25 bits per heavy atom. The van der Waals surface area contributed by atoms with Gasteiger partial charge < -0.3 is 5.32 Å². The van der Waals surface area contributed by atoms with Gasteiger partial charge in [-0.25, -0.2) is 0 Å². The summed E-state index contributed by atoms with van der Waals surface area (Å²) in [6.45, 7) is 4.45. The van der Waals surface area contributed by atoms with Crippen LogP contribution in [0.25, 0.3) is 0 Å². The smallest absolute Gasteiger partial charge is 0.0595 e. The van der Waals surface area contributed by atoms with Crippen LogP contribution in [0.3, 0.4) is 0 Å². The Morgan fingerprint density at radius 2 is 1.94 bits per heavy atom. The molecular formula is C13H17Cl2N. The quantitative estimate of drug-likeness (QED) is 0.836. The van der Waals surface area contributed by atoms with E-state index in [2.05, 4.69) is 19.2 Å². The van der Waals surface area contributed by atoms with E-state index in [0.29, 0.717) is 21.6 Å². The molecule has 0 bridgehead atoms. The molecule has 0 radical (unpaired) electrons. The van der Waals surface area contributed by atoms with Crippen molar-refractivity contribution in [3.63, 3.8) is 0 Å². The monoisotopic (exact) mass is 257 g/mol. The maximum atomic E-state index is 6.02. The van der Waals surface area contributed by atoms with Crippen LogP contribution in [0.1, 0.15) is 44.7 Å². The summed E-state index contributed by atoms with van der Waals surface area (Å²) >= 11 is 11.9. The molecular weight excluding hydrogens is 241 g/mol. The molecule has 3 heteroatoms. The van der Waals surface area contributed by atoms with Gasteiger partial charge >= 0.3 is 0 Å². The first-order valence-corrected chi connectivity index (χ1v) is 6.48. The highest BCUT2D eigenvalue weighted by atomic mass is 35.5. The third kappa shape index (κ3) is 2.53. The van der Waals surface area contributed by atoms with Crippen LogP contribution < -0.4 is 5.32 Å². The number of nitrogens with one attached hydrogen (secondary N) is 1. The van der Waals surface area contributed by atoms with Crippen LogP contribution in [-0.2, 0) is 0 Å². The minimum atomic E-state index is 0.311. The van der Waals surface area contributed by atoms with Gasteiger partial charge in [0.15, 0.2) is 0 Å². The largest absolute Gasteiger partial charge is 0.305 e. The molecule has 1 aromatic carbocycles. The third-order valence-corrected chi connectivity index (χ3v) is 4.20. The van der Waals surface area contributed by atoms with Crippen LogP contribution in [0, 0.1) is 0 Å². The minimum Gasteiger partial charge on any atom is -0.305 e. The lowest BCUT2D eigenvalue weighted by Crippen LogP contribution is -2.49. The molecule has 1 fully saturated rings.